The fraction of sp³-hybridized carbons (Fsp3) is 0.278. The first-order valence-corrected chi connectivity index (χ1v) is 8.64. The molecule has 128 valence electrons. The zero-order valence-electron chi connectivity index (χ0n) is 13.8. The van der Waals surface area contributed by atoms with E-state index in [4.69, 9.17) is 14.2 Å². The van der Waals surface area contributed by atoms with Crippen molar-refractivity contribution in [2.45, 2.75) is 24.1 Å². The third-order valence-corrected chi connectivity index (χ3v) is 4.64. The van der Waals surface area contributed by atoms with Crippen LogP contribution in [0.25, 0.3) is 11.3 Å². The number of hydrogen-bond donors (Lipinski definition) is 0. The standard InChI is InChI=1S/C18H16N2O4S/c1-3-22-18(21)11(2)25-17-13(9-19)4-6-14(20-17)12-5-7-15-16(8-12)24-10-23-15/h4-8,11H,3,10H2,1-2H3. The van der Waals surface area contributed by atoms with Crippen molar-refractivity contribution in [2.75, 3.05) is 13.4 Å². The van der Waals surface area contributed by atoms with Crippen molar-refractivity contribution in [3.05, 3.63) is 35.9 Å². The summed E-state index contributed by atoms with van der Waals surface area (Å²) in [6.07, 6.45) is 0. The topological polar surface area (TPSA) is 81.4 Å². The summed E-state index contributed by atoms with van der Waals surface area (Å²) in [7, 11) is 0. The summed E-state index contributed by atoms with van der Waals surface area (Å²) in [5.41, 5.74) is 1.96. The number of rotatable bonds is 5. The van der Waals surface area contributed by atoms with Crippen LogP contribution in [-0.2, 0) is 9.53 Å². The van der Waals surface area contributed by atoms with E-state index in [0.29, 0.717) is 34.4 Å². The van der Waals surface area contributed by atoms with Crippen molar-refractivity contribution >= 4 is 17.7 Å². The molecule has 2 heterocycles. The molecule has 0 saturated heterocycles. The molecular formula is C18H16N2O4S. The largest absolute Gasteiger partial charge is 0.465 e. The summed E-state index contributed by atoms with van der Waals surface area (Å²) in [6, 6.07) is 11.1. The number of carbonyl (C=O) groups is 1. The lowest BCUT2D eigenvalue weighted by molar-refractivity contribution is -0.142. The van der Waals surface area contributed by atoms with Gasteiger partial charge in [-0.3, -0.25) is 4.79 Å². The zero-order valence-corrected chi connectivity index (χ0v) is 14.6. The number of thioether (sulfide) groups is 1. The van der Waals surface area contributed by atoms with Gasteiger partial charge in [0.1, 0.15) is 16.3 Å². The van der Waals surface area contributed by atoms with Crippen molar-refractivity contribution in [3.8, 4) is 28.8 Å². The van der Waals surface area contributed by atoms with Crippen LogP contribution in [0.1, 0.15) is 19.4 Å². The fourth-order valence-corrected chi connectivity index (χ4v) is 3.20. The second-order valence-electron chi connectivity index (χ2n) is 5.24. The second-order valence-corrected chi connectivity index (χ2v) is 6.57. The molecule has 3 rings (SSSR count). The van der Waals surface area contributed by atoms with Crippen LogP contribution in [0.4, 0.5) is 0 Å². The number of nitriles is 1. The molecule has 25 heavy (non-hydrogen) atoms. The maximum absolute atomic E-state index is 11.8. The highest BCUT2D eigenvalue weighted by atomic mass is 32.2. The van der Waals surface area contributed by atoms with Crippen molar-refractivity contribution in [3.63, 3.8) is 0 Å². The van der Waals surface area contributed by atoms with Gasteiger partial charge < -0.3 is 14.2 Å². The average Bonchev–Trinajstić information content (AvgIpc) is 3.09. The molecule has 0 aliphatic carbocycles. The molecule has 0 saturated carbocycles. The van der Waals surface area contributed by atoms with Crippen molar-refractivity contribution in [1.82, 2.24) is 4.98 Å². The van der Waals surface area contributed by atoms with E-state index in [1.807, 2.05) is 18.2 Å². The zero-order chi connectivity index (χ0) is 17.8. The number of nitrogens with zero attached hydrogens (tertiary/aromatic N) is 2. The highest BCUT2D eigenvalue weighted by Gasteiger charge is 2.20. The molecule has 0 N–H and O–H groups in total. The van der Waals surface area contributed by atoms with E-state index in [-0.39, 0.29) is 12.8 Å². The lowest BCUT2D eigenvalue weighted by Crippen LogP contribution is -2.17. The minimum Gasteiger partial charge on any atom is -0.465 e. The van der Waals surface area contributed by atoms with Crippen LogP contribution in [0.15, 0.2) is 35.4 Å². The van der Waals surface area contributed by atoms with Gasteiger partial charge >= 0.3 is 5.97 Å². The number of carbonyl (C=O) groups excluding carboxylic acids is 1. The van der Waals surface area contributed by atoms with Crippen LogP contribution in [0.3, 0.4) is 0 Å². The first-order valence-electron chi connectivity index (χ1n) is 7.77. The molecule has 2 aromatic rings. The minimum atomic E-state index is -0.452. The van der Waals surface area contributed by atoms with Gasteiger partial charge in [0.15, 0.2) is 11.5 Å². The number of benzene rings is 1. The SMILES string of the molecule is CCOC(=O)C(C)Sc1nc(-c2ccc3c(c2)OCO3)ccc1C#N. The molecule has 0 amide bonds. The molecule has 0 radical (unpaired) electrons. The highest BCUT2D eigenvalue weighted by Crippen LogP contribution is 2.36. The van der Waals surface area contributed by atoms with Crippen LogP contribution in [0.5, 0.6) is 11.5 Å². The Kier molecular flexibility index (Phi) is 5.10. The van der Waals surface area contributed by atoms with Gasteiger partial charge in [0, 0.05) is 5.56 Å². The van der Waals surface area contributed by atoms with E-state index in [1.165, 1.54) is 11.8 Å². The molecule has 1 aliphatic rings. The van der Waals surface area contributed by atoms with E-state index < -0.39 is 5.25 Å². The predicted molar refractivity (Wildman–Crippen MR) is 92.5 cm³/mol. The molecule has 7 heteroatoms. The molecule has 0 spiro atoms. The Morgan fingerprint density at radius 3 is 2.92 bits per heavy atom. The van der Waals surface area contributed by atoms with Gasteiger partial charge in [-0.15, -0.1) is 0 Å². The van der Waals surface area contributed by atoms with Crippen LogP contribution < -0.4 is 9.47 Å². The number of pyridine rings is 1. The van der Waals surface area contributed by atoms with E-state index in [1.54, 1.807) is 26.0 Å². The number of aromatic nitrogens is 1. The average molecular weight is 356 g/mol. The molecule has 1 aromatic heterocycles. The molecular weight excluding hydrogens is 340 g/mol. The van der Waals surface area contributed by atoms with Gasteiger partial charge in [-0.2, -0.15) is 5.26 Å². The summed E-state index contributed by atoms with van der Waals surface area (Å²) in [6.45, 7) is 4.02. The summed E-state index contributed by atoms with van der Waals surface area (Å²) < 4.78 is 15.7. The molecule has 1 aliphatic heterocycles. The number of esters is 1. The fourth-order valence-electron chi connectivity index (χ4n) is 2.31. The first kappa shape index (κ1) is 17.1. The maximum Gasteiger partial charge on any atom is 0.319 e. The third-order valence-electron chi connectivity index (χ3n) is 3.56. The van der Waals surface area contributed by atoms with Gasteiger partial charge in [0.25, 0.3) is 0 Å². The van der Waals surface area contributed by atoms with Crippen molar-refractivity contribution in [2.24, 2.45) is 0 Å². The monoisotopic (exact) mass is 356 g/mol. The summed E-state index contributed by atoms with van der Waals surface area (Å²) in [5, 5.41) is 9.35. The van der Waals surface area contributed by atoms with Gasteiger partial charge in [0.05, 0.1) is 17.9 Å². The lowest BCUT2D eigenvalue weighted by Gasteiger charge is -2.12. The first-order chi connectivity index (χ1) is 12.1. The Morgan fingerprint density at radius 1 is 1.36 bits per heavy atom. The van der Waals surface area contributed by atoms with E-state index in [9.17, 15) is 10.1 Å². The Labute approximate surface area is 149 Å². The van der Waals surface area contributed by atoms with Crippen molar-refractivity contribution in [1.29, 1.82) is 5.26 Å². The number of hydrogen-bond acceptors (Lipinski definition) is 7. The smallest absolute Gasteiger partial charge is 0.319 e. The van der Waals surface area contributed by atoms with Gasteiger partial charge in [-0.1, -0.05) is 11.8 Å². The molecule has 1 aromatic carbocycles. The third kappa shape index (κ3) is 3.69. The van der Waals surface area contributed by atoms with E-state index in [0.717, 1.165) is 5.56 Å². The highest BCUT2D eigenvalue weighted by molar-refractivity contribution is 8.00. The lowest BCUT2D eigenvalue weighted by atomic mass is 10.1. The Hall–Kier alpha value is -2.72. The molecule has 0 fully saturated rings. The molecule has 1 unspecified atom stereocenters. The number of fused-ring (bicyclic) bond motifs is 1. The minimum absolute atomic E-state index is 0.206. The van der Waals surface area contributed by atoms with Gasteiger partial charge in [-0.05, 0) is 44.2 Å². The van der Waals surface area contributed by atoms with Gasteiger partial charge in [-0.25, -0.2) is 4.98 Å². The quantitative estimate of drug-likeness (QED) is 0.600. The van der Waals surface area contributed by atoms with Gasteiger partial charge in [0.2, 0.25) is 6.79 Å². The van der Waals surface area contributed by atoms with Crippen LogP contribution in [0.2, 0.25) is 0 Å². The summed E-state index contributed by atoms with van der Waals surface area (Å²) >= 11 is 1.21. The Morgan fingerprint density at radius 2 is 2.16 bits per heavy atom. The molecule has 6 nitrogen and oxygen atoms in total. The summed E-state index contributed by atoms with van der Waals surface area (Å²) in [4.78, 5) is 16.4. The van der Waals surface area contributed by atoms with Crippen LogP contribution in [0, 0.1) is 11.3 Å². The van der Waals surface area contributed by atoms with E-state index >= 15 is 0 Å². The maximum atomic E-state index is 11.8. The Balaban J connectivity index is 1.90. The van der Waals surface area contributed by atoms with Crippen LogP contribution >= 0.6 is 11.8 Å². The number of ether oxygens (including phenoxy) is 3. The predicted octanol–water partition coefficient (Wildman–Crippen LogP) is 3.39. The molecule has 0 bridgehead atoms. The van der Waals surface area contributed by atoms with Crippen LogP contribution in [-0.4, -0.2) is 29.6 Å². The normalized spacial score (nSPS) is 13.2. The Bertz CT molecular complexity index is 847. The summed E-state index contributed by atoms with van der Waals surface area (Å²) in [5.74, 6) is 1.03. The molecule has 1 atom stereocenters. The second kappa shape index (κ2) is 7.45. The van der Waals surface area contributed by atoms with Crippen molar-refractivity contribution < 1.29 is 19.0 Å². The van der Waals surface area contributed by atoms with E-state index in [2.05, 4.69) is 11.1 Å².